The zero-order chi connectivity index (χ0) is 15.9. The van der Waals surface area contributed by atoms with E-state index in [1.54, 1.807) is 10.6 Å². The zero-order valence-electron chi connectivity index (χ0n) is 13.3. The normalized spacial score (nSPS) is 10.6. The first-order valence-electron chi connectivity index (χ1n) is 7.99. The minimum Gasteiger partial charge on any atom is -0.308 e. The maximum atomic E-state index is 12.4. The Morgan fingerprint density at radius 2 is 1.73 bits per heavy atom. The molecule has 0 saturated carbocycles. The van der Waals surface area contributed by atoms with Crippen molar-refractivity contribution in [3.05, 3.63) is 57.9 Å². The van der Waals surface area contributed by atoms with E-state index >= 15 is 0 Å². The van der Waals surface area contributed by atoms with Crippen LogP contribution in [0.5, 0.6) is 0 Å². The molecule has 2 rings (SSSR count). The third-order valence-electron chi connectivity index (χ3n) is 3.97. The summed E-state index contributed by atoms with van der Waals surface area (Å²) in [5.74, 6) is 0. The molecular formula is C19H23NO2. The van der Waals surface area contributed by atoms with Gasteiger partial charge in [0.25, 0.3) is 5.56 Å². The largest absolute Gasteiger partial charge is 0.308 e. The van der Waals surface area contributed by atoms with Gasteiger partial charge in [-0.05, 0) is 36.1 Å². The molecule has 0 aliphatic heterocycles. The second-order valence-electron chi connectivity index (χ2n) is 5.51. The minimum atomic E-state index is -0.192. The Bertz CT molecular complexity index is 684. The lowest BCUT2D eigenvalue weighted by atomic mass is 10.1. The van der Waals surface area contributed by atoms with Crippen LogP contribution in [0.25, 0.3) is 11.3 Å². The van der Waals surface area contributed by atoms with Crippen molar-refractivity contribution in [2.45, 2.75) is 46.1 Å². The summed E-state index contributed by atoms with van der Waals surface area (Å²) in [7, 11) is 0. The van der Waals surface area contributed by atoms with Crippen LogP contribution in [0.2, 0.25) is 0 Å². The van der Waals surface area contributed by atoms with Gasteiger partial charge in [0, 0.05) is 6.54 Å². The third kappa shape index (κ3) is 3.53. The molecule has 3 heteroatoms. The fraction of sp³-hybridized carbons (Fsp3) is 0.368. The topological polar surface area (TPSA) is 39.1 Å². The zero-order valence-corrected chi connectivity index (χ0v) is 13.3. The Hall–Kier alpha value is -2.16. The molecule has 1 aromatic carbocycles. The van der Waals surface area contributed by atoms with Crippen molar-refractivity contribution in [3.8, 4) is 11.3 Å². The molecule has 0 bridgehead atoms. The number of unbranched alkanes of at least 4 members (excludes halogenated alkanes) is 2. The van der Waals surface area contributed by atoms with Gasteiger partial charge in [0.1, 0.15) is 0 Å². The molecule has 116 valence electrons. The number of hydrogen-bond acceptors (Lipinski definition) is 2. The lowest BCUT2D eigenvalue weighted by molar-refractivity contribution is 0.112. The Balaban J connectivity index is 2.46. The van der Waals surface area contributed by atoms with Crippen LogP contribution in [0.1, 0.15) is 49.0 Å². The van der Waals surface area contributed by atoms with Gasteiger partial charge in [0.15, 0.2) is 6.29 Å². The predicted molar refractivity (Wildman–Crippen MR) is 90.4 cm³/mol. The molecule has 1 heterocycles. The van der Waals surface area contributed by atoms with Crippen LogP contribution in [0, 0.1) is 0 Å². The van der Waals surface area contributed by atoms with E-state index in [1.165, 1.54) is 5.56 Å². The molecule has 1 aromatic heterocycles. The van der Waals surface area contributed by atoms with Gasteiger partial charge in [0.05, 0.1) is 11.3 Å². The van der Waals surface area contributed by atoms with Crippen molar-refractivity contribution < 1.29 is 4.79 Å². The summed E-state index contributed by atoms with van der Waals surface area (Å²) in [6.45, 7) is 4.91. The maximum absolute atomic E-state index is 12.4. The van der Waals surface area contributed by atoms with Crippen LogP contribution in [0.15, 0.2) is 41.2 Å². The van der Waals surface area contributed by atoms with Crippen LogP contribution in [-0.4, -0.2) is 10.9 Å². The highest BCUT2D eigenvalue weighted by Crippen LogP contribution is 2.20. The summed E-state index contributed by atoms with van der Waals surface area (Å²) >= 11 is 0. The van der Waals surface area contributed by atoms with Gasteiger partial charge in [-0.15, -0.1) is 0 Å². The van der Waals surface area contributed by atoms with Gasteiger partial charge in [-0.1, -0.05) is 51.0 Å². The summed E-state index contributed by atoms with van der Waals surface area (Å²) in [5, 5.41) is 0. The molecule has 0 atom stereocenters. The van der Waals surface area contributed by atoms with E-state index in [9.17, 15) is 9.59 Å². The molecule has 0 N–H and O–H groups in total. The first-order valence-corrected chi connectivity index (χ1v) is 7.99. The number of nitrogens with zero attached hydrogens (tertiary/aromatic N) is 1. The highest BCUT2D eigenvalue weighted by atomic mass is 16.1. The molecule has 0 aliphatic rings. The molecule has 0 amide bonds. The van der Waals surface area contributed by atoms with E-state index in [0.29, 0.717) is 12.8 Å². The van der Waals surface area contributed by atoms with Crippen molar-refractivity contribution in [2.75, 3.05) is 0 Å². The van der Waals surface area contributed by atoms with Crippen LogP contribution in [0.4, 0.5) is 0 Å². The SMILES string of the molecule is CCCCCn1c(-c2ccc(CC)cc2)ccc(C=O)c1=O. The Morgan fingerprint density at radius 1 is 1.00 bits per heavy atom. The Kier molecular flexibility index (Phi) is 5.70. The van der Waals surface area contributed by atoms with Gasteiger partial charge in [-0.3, -0.25) is 9.59 Å². The summed E-state index contributed by atoms with van der Waals surface area (Å²) in [6.07, 6.45) is 4.75. The molecule has 22 heavy (non-hydrogen) atoms. The van der Waals surface area contributed by atoms with Gasteiger partial charge in [0.2, 0.25) is 0 Å². The summed E-state index contributed by atoms with van der Waals surface area (Å²) in [5.41, 5.74) is 3.21. The van der Waals surface area contributed by atoms with Crippen molar-refractivity contribution in [1.82, 2.24) is 4.57 Å². The van der Waals surface area contributed by atoms with Crippen LogP contribution in [-0.2, 0) is 13.0 Å². The van der Waals surface area contributed by atoms with E-state index < -0.39 is 0 Å². The first kappa shape index (κ1) is 16.2. The van der Waals surface area contributed by atoms with E-state index in [0.717, 1.165) is 36.9 Å². The molecule has 0 unspecified atom stereocenters. The quantitative estimate of drug-likeness (QED) is 0.570. The average Bonchev–Trinajstić information content (AvgIpc) is 2.56. The van der Waals surface area contributed by atoms with Crippen molar-refractivity contribution in [1.29, 1.82) is 0 Å². The summed E-state index contributed by atoms with van der Waals surface area (Å²) in [4.78, 5) is 23.5. The lowest BCUT2D eigenvalue weighted by Crippen LogP contribution is -2.25. The number of hydrogen-bond donors (Lipinski definition) is 0. The number of benzene rings is 1. The van der Waals surface area contributed by atoms with Crippen molar-refractivity contribution in [3.63, 3.8) is 0 Å². The number of aldehydes is 1. The molecule has 0 fully saturated rings. The van der Waals surface area contributed by atoms with Crippen molar-refractivity contribution >= 4 is 6.29 Å². The standard InChI is InChI=1S/C19H23NO2/c1-3-5-6-13-20-18(12-11-17(14-21)19(20)22)16-9-7-15(4-2)8-10-16/h7-12,14H,3-6,13H2,1-2H3. The van der Waals surface area contributed by atoms with Crippen molar-refractivity contribution in [2.24, 2.45) is 0 Å². The molecule has 0 spiro atoms. The second kappa shape index (κ2) is 7.74. The second-order valence-corrected chi connectivity index (χ2v) is 5.51. The molecule has 0 radical (unpaired) electrons. The van der Waals surface area contributed by atoms with Gasteiger partial charge in [-0.2, -0.15) is 0 Å². The van der Waals surface area contributed by atoms with Gasteiger partial charge >= 0.3 is 0 Å². The Morgan fingerprint density at radius 3 is 2.32 bits per heavy atom. The minimum absolute atomic E-state index is 0.192. The highest BCUT2D eigenvalue weighted by Gasteiger charge is 2.10. The number of carbonyl (C=O) groups excluding carboxylic acids is 1. The third-order valence-corrected chi connectivity index (χ3v) is 3.97. The van der Waals surface area contributed by atoms with Crippen LogP contribution in [0.3, 0.4) is 0 Å². The van der Waals surface area contributed by atoms with Crippen LogP contribution < -0.4 is 5.56 Å². The van der Waals surface area contributed by atoms with E-state index in [1.807, 2.05) is 18.2 Å². The lowest BCUT2D eigenvalue weighted by Gasteiger charge is -2.14. The summed E-state index contributed by atoms with van der Waals surface area (Å²) < 4.78 is 1.74. The Labute approximate surface area is 131 Å². The molecular weight excluding hydrogens is 274 g/mol. The van der Waals surface area contributed by atoms with E-state index in [2.05, 4.69) is 26.0 Å². The number of carbonyl (C=O) groups is 1. The van der Waals surface area contributed by atoms with E-state index in [-0.39, 0.29) is 11.1 Å². The monoisotopic (exact) mass is 297 g/mol. The van der Waals surface area contributed by atoms with Gasteiger partial charge < -0.3 is 4.57 Å². The number of pyridine rings is 1. The average molecular weight is 297 g/mol. The molecule has 3 nitrogen and oxygen atoms in total. The number of aryl methyl sites for hydroxylation is 1. The number of rotatable bonds is 7. The fourth-order valence-corrected chi connectivity index (χ4v) is 2.59. The smallest absolute Gasteiger partial charge is 0.261 e. The van der Waals surface area contributed by atoms with Crippen LogP contribution >= 0.6 is 0 Å². The molecule has 2 aromatic rings. The summed E-state index contributed by atoms with van der Waals surface area (Å²) in [6, 6.07) is 11.8. The van der Waals surface area contributed by atoms with Gasteiger partial charge in [-0.25, -0.2) is 0 Å². The molecule has 0 aliphatic carbocycles. The number of aromatic nitrogens is 1. The predicted octanol–water partition coefficient (Wildman–Crippen LogP) is 4.08. The maximum Gasteiger partial charge on any atom is 0.261 e. The van der Waals surface area contributed by atoms with E-state index in [4.69, 9.17) is 0 Å². The first-order chi connectivity index (χ1) is 10.7. The molecule has 0 saturated heterocycles. The fourth-order valence-electron chi connectivity index (χ4n) is 2.59. The highest BCUT2D eigenvalue weighted by molar-refractivity contribution is 5.75.